The van der Waals surface area contributed by atoms with Crippen LogP contribution in [0.3, 0.4) is 0 Å². The van der Waals surface area contributed by atoms with Crippen LogP contribution in [0.4, 0.5) is 0 Å². The van der Waals surface area contributed by atoms with Gasteiger partial charge in [-0.15, -0.1) is 0 Å². The standard InChI is InChI=1S/C14H22N4O/c1-10-3-2-7-18(8-5-10)14(19)13-11-9-15-6-4-12(11)16-17-13/h10,15H,2-9H2,1H3,(H,16,17). The fourth-order valence-corrected chi connectivity index (χ4v) is 3.02. The zero-order chi connectivity index (χ0) is 13.2. The zero-order valence-corrected chi connectivity index (χ0v) is 11.5. The molecule has 0 aromatic carbocycles. The van der Waals surface area contributed by atoms with E-state index in [0.717, 1.165) is 62.6 Å². The number of fused-ring (bicyclic) bond motifs is 1. The summed E-state index contributed by atoms with van der Waals surface area (Å²) < 4.78 is 0. The molecule has 1 amide bonds. The van der Waals surface area contributed by atoms with Gasteiger partial charge in [-0.25, -0.2) is 0 Å². The van der Waals surface area contributed by atoms with Crippen LogP contribution in [0, 0.1) is 5.92 Å². The molecule has 1 atom stereocenters. The molecule has 104 valence electrons. The molecule has 1 unspecified atom stereocenters. The predicted molar refractivity (Wildman–Crippen MR) is 72.9 cm³/mol. The van der Waals surface area contributed by atoms with Crippen molar-refractivity contribution in [2.24, 2.45) is 5.92 Å². The van der Waals surface area contributed by atoms with Crippen molar-refractivity contribution in [3.8, 4) is 0 Å². The number of carbonyl (C=O) groups is 1. The molecule has 1 aromatic heterocycles. The van der Waals surface area contributed by atoms with Crippen molar-refractivity contribution >= 4 is 5.91 Å². The molecule has 0 aliphatic carbocycles. The largest absolute Gasteiger partial charge is 0.337 e. The molecule has 2 aliphatic rings. The molecule has 0 radical (unpaired) electrons. The molecular weight excluding hydrogens is 240 g/mol. The van der Waals surface area contributed by atoms with Crippen LogP contribution in [0.15, 0.2) is 0 Å². The van der Waals surface area contributed by atoms with Gasteiger partial charge >= 0.3 is 0 Å². The van der Waals surface area contributed by atoms with Crippen molar-refractivity contribution in [1.29, 1.82) is 0 Å². The van der Waals surface area contributed by atoms with Crippen LogP contribution in [0.5, 0.6) is 0 Å². The summed E-state index contributed by atoms with van der Waals surface area (Å²) >= 11 is 0. The van der Waals surface area contributed by atoms with Crippen LogP contribution in [0.25, 0.3) is 0 Å². The number of amides is 1. The maximum absolute atomic E-state index is 12.6. The summed E-state index contributed by atoms with van der Waals surface area (Å²) in [6.07, 6.45) is 4.38. The Balaban J connectivity index is 1.78. The van der Waals surface area contributed by atoms with Gasteiger partial charge in [-0.1, -0.05) is 6.92 Å². The van der Waals surface area contributed by atoms with E-state index in [0.29, 0.717) is 5.69 Å². The molecular formula is C14H22N4O. The summed E-state index contributed by atoms with van der Waals surface area (Å²) in [6, 6.07) is 0. The average Bonchev–Trinajstić information content (AvgIpc) is 2.74. The van der Waals surface area contributed by atoms with Crippen molar-refractivity contribution in [3.63, 3.8) is 0 Å². The maximum Gasteiger partial charge on any atom is 0.274 e. The number of hydrogen-bond donors (Lipinski definition) is 2. The Kier molecular flexibility index (Phi) is 3.55. The highest BCUT2D eigenvalue weighted by Crippen LogP contribution is 2.21. The Morgan fingerprint density at radius 1 is 1.37 bits per heavy atom. The Morgan fingerprint density at radius 3 is 3.16 bits per heavy atom. The molecule has 1 aromatic rings. The second kappa shape index (κ2) is 5.33. The van der Waals surface area contributed by atoms with Gasteiger partial charge in [-0.3, -0.25) is 9.89 Å². The van der Waals surface area contributed by atoms with Crippen molar-refractivity contribution in [2.45, 2.75) is 39.2 Å². The molecule has 2 N–H and O–H groups in total. The van der Waals surface area contributed by atoms with Gasteiger partial charge in [-0.05, 0) is 25.2 Å². The van der Waals surface area contributed by atoms with Crippen molar-refractivity contribution in [3.05, 3.63) is 17.0 Å². The first-order chi connectivity index (χ1) is 9.25. The lowest BCUT2D eigenvalue weighted by Crippen LogP contribution is -2.34. The van der Waals surface area contributed by atoms with Gasteiger partial charge in [0.2, 0.25) is 0 Å². The van der Waals surface area contributed by atoms with E-state index in [1.54, 1.807) is 0 Å². The van der Waals surface area contributed by atoms with Gasteiger partial charge in [0.15, 0.2) is 5.69 Å². The molecule has 19 heavy (non-hydrogen) atoms. The summed E-state index contributed by atoms with van der Waals surface area (Å²) in [5.74, 6) is 0.836. The van der Waals surface area contributed by atoms with Crippen LogP contribution in [-0.4, -0.2) is 40.6 Å². The van der Waals surface area contributed by atoms with Gasteiger partial charge in [0.1, 0.15) is 0 Å². The summed E-state index contributed by atoms with van der Waals surface area (Å²) in [6.45, 7) is 5.74. The van der Waals surface area contributed by atoms with Crippen LogP contribution >= 0.6 is 0 Å². The van der Waals surface area contributed by atoms with Gasteiger partial charge in [0.05, 0.1) is 0 Å². The molecule has 5 heteroatoms. The van der Waals surface area contributed by atoms with Gasteiger partial charge < -0.3 is 10.2 Å². The molecule has 0 spiro atoms. The van der Waals surface area contributed by atoms with Crippen LogP contribution < -0.4 is 5.32 Å². The summed E-state index contributed by atoms with van der Waals surface area (Å²) in [5.41, 5.74) is 2.84. The molecule has 5 nitrogen and oxygen atoms in total. The molecule has 3 heterocycles. The average molecular weight is 262 g/mol. The first kappa shape index (κ1) is 12.7. The first-order valence-corrected chi connectivity index (χ1v) is 7.32. The molecule has 1 saturated heterocycles. The summed E-state index contributed by atoms with van der Waals surface area (Å²) in [4.78, 5) is 14.6. The third kappa shape index (κ3) is 2.52. The third-order valence-corrected chi connectivity index (χ3v) is 4.31. The van der Waals surface area contributed by atoms with E-state index in [1.165, 1.54) is 6.42 Å². The lowest BCUT2D eigenvalue weighted by atomic mass is 10.0. The molecule has 1 fully saturated rings. The SMILES string of the molecule is CC1CCCN(C(=O)c2n[nH]c3c2CNCC3)CC1. The third-order valence-electron chi connectivity index (χ3n) is 4.31. The molecule has 0 bridgehead atoms. The van der Waals surface area contributed by atoms with E-state index in [-0.39, 0.29) is 5.91 Å². The smallest absolute Gasteiger partial charge is 0.274 e. The second-order valence-corrected chi connectivity index (χ2v) is 5.78. The lowest BCUT2D eigenvalue weighted by Gasteiger charge is -2.20. The topological polar surface area (TPSA) is 61.0 Å². The number of carbonyl (C=O) groups excluding carboxylic acids is 1. The van der Waals surface area contributed by atoms with Gasteiger partial charge in [0.25, 0.3) is 5.91 Å². The monoisotopic (exact) mass is 262 g/mol. The summed E-state index contributed by atoms with van der Waals surface area (Å²) in [7, 11) is 0. The number of nitrogens with zero attached hydrogens (tertiary/aromatic N) is 2. The normalized spacial score (nSPS) is 23.8. The fourth-order valence-electron chi connectivity index (χ4n) is 3.02. The van der Waals surface area contributed by atoms with E-state index in [2.05, 4.69) is 22.4 Å². The number of hydrogen-bond acceptors (Lipinski definition) is 3. The highest BCUT2D eigenvalue weighted by atomic mass is 16.2. The Labute approximate surface area is 113 Å². The van der Waals surface area contributed by atoms with E-state index >= 15 is 0 Å². The van der Waals surface area contributed by atoms with Crippen molar-refractivity contribution in [2.75, 3.05) is 19.6 Å². The minimum Gasteiger partial charge on any atom is -0.337 e. The minimum absolute atomic E-state index is 0.107. The van der Waals surface area contributed by atoms with Gasteiger partial charge in [-0.2, -0.15) is 5.10 Å². The van der Waals surface area contributed by atoms with Gasteiger partial charge in [0, 0.05) is 43.9 Å². The number of rotatable bonds is 1. The minimum atomic E-state index is 0.107. The van der Waals surface area contributed by atoms with E-state index < -0.39 is 0 Å². The van der Waals surface area contributed by atoms with Crippen molar-refractivity contribution in [1.82, 2.24) is 20.4 Å². The quantitative estimate of drug-likeness (QED) is 0.802. The highest BCUT2D eigenvalue weighted by Gasteiger charge is 2.26. The number of nitrogens with one attached hydrogen (secondary N) is 2. The first-order valence-electron chi connectivity index (χ1n) is 7.32. The van der Waals surface area contributed by atoms with Crippen molar-refractivity contribution < 1.29 is 4.79 Å². The van der Waals surface area contributed by atoms with E-state index in [1.807, 2.05) is 4.90 Å². The maximum atomic E-state index is 12.6. The Bertz CT molecular complexity index is 468. The second-order valence-electron chi connectivity index (χ2n) is 5.78. The number of H-pyrrole nitrogens is 1. The number of likely N-dealkylation sites (tertiary alicyclic amines) is 1. The molecule has 3 rings (SSSR count). The Morgan fingerprint density at radius 2 is 2.26 bits per heavy atom. The number of aromatic amines is 1. The van der Waals surface area contributed by atoms with Crippen LogP contribution in [-0.2, 0) is 13.0 Å². The molecule has 2 aliphatic heterocycles. The zero-order valence-electron chi connectivity index (χ0n) is 11.5. The number of aromatic nitrogens is 2. The van der Waals surface area contributed by atoms with Crippen LogP contribution in [0.1, 0.15) is 47.9 Å². The highest BCUT2D eigenvalue weighted by molar-refractivity contribution is 5.94. The van der Waals surface area contributed by atoms with Crippen LogP contribution in [0.2, 0.25) is 0 Å². The summed E-state index contributed by atoms with van der Waals surface area (Å²) in [5, 5.41) is 10.6. The van der Waals surface area contributed by atoms with E-state index in [4.69, 9.17) is 0 Å². The predicted octanol–water partition coefficient (Wildman–Crippen LogP) is 1.32. The fraction of sp³-hybridized carbons (Fsp3) is 0.714. The lowest BCUT2D eigenvalue weighted by molar-refractivity contribution is 0.0753. The Hall–Kier alpha value is -1.36. The van der Waals surface area contributed by atoms with E-state index in [9.17, 15) is 4.79 Å². The molecule has 0 saturated carbocycles.